The lowest BCUT2D eigenvalue weighted by atomic mass is 9.69. The van der Waals surface area contributed by atoms with Gasteiger partial charge in [0.2, 0.25) is 0 Å². The van der Waals surface area contributed by atoms with Gasteiger partial charge >= 0.3 is 0 Å². The van der Waals surface area contributed by atoms with Crippen LogP contribution in [0.5, 0.6) is 23.0 Å². The molecule has 1 saturated heterocycles. The lowest BCUT2D eigenvalue weighted by molar-refractivity contribution is 0.0677. The molecule has 240 valence electrons. The van der Waals surface area contributed by atoms with Gasteiger partial charge in [0.1, 0.15) is 11.5 Å². The maximum absolute atomic E-state index is 13.7. The zero-order chi connectivity index (χ0) is 32.3. The quantitative estimate of drug-likeness (QED) is 0.200. The van der Waals surface area contributed by atoms with Gasteiger partial charge in [-0.25, -0.2) is 0 Å². The van der Waals surface area contributed by atoms with Crippen molar-refractivity contribution < 1.29 is 23.7 Å². The van der Waals surface area contributed by atoms with E-state index in [2.05, 4.69) is 72.5 Å². The molecule has 0 aromatic heterocycles. The number of hydrogen-bond donors (Lipinski definition) is 0. The Hall–Kier alpha value is -4.49. The number of fused-ring (bicyclic) bond motifs is 1. The van der Waals surface area contributed by atoms with Crippen molar-refractivity contribution in [1.82, 2.24) is 9.80 Å². The molecule has 4 aromatic rings. The van der Waals surface area contributed by atoms with Crippen LogP contribution in [-0.4, -0.2) is 63.8 Å². The molecular formula is C39H44N2O5. The first-order chi connectivity index (χ1) is 22.4. The van der Waals surface area contributed by atoms with Crippen LogP contribution in [0.4, 0.5) is 0 Å². The van der Waals surface area contributed by atoms with E-state index in [1.54, 1.807) is 28.4 Å². The van der Waals surface area contributed by atoms with Crippen LogP contribution in [0.3, 0.4) is 0 Å². The number of rotatable bonds is 9. The first kappa shape index (κ1) is 31.5. The van der Waals surface area contributed by atoms with Crippen molar-refractivity contribution in [2.75, 3.05) is 48.1 Å². The number of benzene rings is 4. The van der Waals surface area contributed by atoms with Crippen LogP contribution in [0.1, 0.15) is 64.0 Å². The molecule has 1 fully saturated rings. The number of methoxy groups -OCH3 is 4. The Kier molecular flexibility index (Phi) is 9.22. The van der Waals surface area contributed by atoms with E-state index in [0.29, 0.717) is 17.9 Å². The number of carbonyl (C=O) groups is 1. The average molecular weight is 621 g/mol. The summed E-state index contributed by atoms with van der Waals surface area (Å²) in [6, 6.07) is 29.3. The normalized spacial score (nSPS) is 17.6. The van der Waals surface area contributed by atoms with E-state index in [0.717, 1.165) is 61.7 Å². The van der Waals surface area contributed by atoms with Crippen LogP contribution in [-0.2, 0) is 18.4 Å². The predicted molar refractivity (Wildman–Crippen MR) is 180 cm³/mol. The van der Waals surface area contributed by atoms with Gasteiger partial charge in [0.05, 0.1) is 34.5 Å². The van der Waals surface area contributed by atoms with Crippen molar-refractivity contribution in [3.05, 3.63) is 118 Å². The Labute approximate surface area is 272 Å². The monoisotopic (exact) mass is 620 g/mol. The largest absolute Gasteiger partial charge is 0.497 e. The van der Waals surface area contributed by atoms with E-state index in [-0.39, 0.29) is 17.4 Å². The highest BCUT2D eigenvalue weighted by atomic mass is 16.5. The molecule has 7 nitrogen and oxygen atoms in total. The smallest absolute Gasteiger partial charge is 0.254 e. The lowest BCUT2D eigenvalue weighted by Gasteiger charge is -2.44. The molecule has 0 spiro atoms. The Morgan fingerprint density at radius 3 is 1.91 bits per heavy atom. The molecule has 2 aliphatic heterocycles. The summed E-state index contributed by atoms with van der Waals surface area (Å²) in [5, 5.41) is 0. The summed E-state index contributed by atoms with van der Waals surface area (Å²) in [7, 11) is 6.71. The number of carbonyl (C=O) groups excluding carboxylic acids is 1. The number of amides is 1. The van der Waals surface area contributed by atoms with Crippen molar-refractivity contribution >= 4 is 5.91 Å². The lowest BCUT2D eigenvalue weighted by Crippen LogP contribution is -2.46. The molecule has 1 unspecified atom stereocenters. The number of nitrogens with zero attached hydrogens (tertiary/aromatic N) is 2. The second kappa shape index (κ2) is 13.5. The van der Waals surface area contributed by atoms with E-state index in [1.807, 2.05) is 29.2 Å². The third-order valence-corrected chi connectivity index (χ3v) is 9.91. The van der Waals surface area contributed by atoms with Gasteiger partial charge in [0, 0.05) is 30.6 Å². The molecule has 0 radical (unpaired) electrons. The van der Waals surface area contributed by atoms with E-state index >= 15 is 0 Å². The second-order valence-corrected chi connectivity index (χ2v) is 12.4. The Morgan fingerprint density at radius 1 is 0.761 bits per heavy atom. The molecular weight excluding hydrogens is 576 g/mol. The number of piperidine rings is 1. The van der Waals surface area contributed by atoms with Crippen molar-refractivity contribution in [3.63, 3.8) is 0 Å². The minimum atomic E-state index is -0.153. The molecule has 2 heterocycles. The third-order valence-electron chi connectivity index (χ3n) is 9.91. The molecule has 2 aliphatic rings. The van der Waals surface area contributed by atoms with Crippen molar-refractivity contribution in [1.29, 1.82) is 0 Å². The molecule has 7 heteroatoms. The highest BCUT2D eigenvalue weighted by Crippen LogP contribution is 2.42. The van der Waals surface area contributed by atoms with Crippen LogP contribution in [0.15, 0.2) is 84.9 Å². The molecule has 1 amide bonds. The number of hydrogen-bond acceptors (Lipinski definition) is 6. The molecule has 1 atom stereocenters. The highest BCUT2D eigenvalue weighted by Gasteiger charge is 2.39. The van der Waals surface area contributed by atoms with E-state index < -0.39 is 0 Å². The fourth-order valence-electron chi connectivity index (χ4n) is 7.34. The van der Waals surface area contributed by atoms with Gasteiger partial charge < -0.3 is 23.8 Å². The summed E-state index contributed by atoms with van der Waals surface area (Å²) >= 11 is 0. The summed E-state index contributed by atoms with van der Waals surface area (Å²) in [5.41, 5.74) is 6.65. The standard InChI is InChI=1S/C39H44N2O5/c1-27-35-24-37(46-5)36(45-4)23-30(35)19-22-41(27)38(42)29-9-7-28(8-10-29)25-40-21-6-20-39(26-40,31-11-15-33(43-2)16-12-31)32-13-17-34(44-3)18-14-32/h7-18,23-24,27H,6,19-22,25-26H2,1-5H3. The Bertz CT molecular complexity index is 1600. The van der Waals surface area contributed by atoms with Crippen LogP contribution < -0.4 is 18.9 Å². The van der Waals surface area contributed by atoms with E-state index in [1.165, 1.54) is 22.3 Å². The predicted octanol–water partition coefficient (Wildman–Crippen LogP) is 7.06. The summed E-state index contributed by atoms with van der Waals surface area (Å²) in [4.78, 5) is 18.2. The Balaban J connectivity index is 1.19. The Morgan fingerprint density at radius 2 is 1.35 bits per heavy atom. The first-order valence-electron chi connectivity index (χ1n) is 16.0. The molecule has 6 rings (SSSR count). The third kappa shape index (κ3) is 6.04. The SMILES string of the molecule is COc1ccc(C2(c3ccc(OC)cc3)CCCN(Cc3ccc(C(=O)N4CCc5cc(OC)c(OC)cc5C4C)cc3)C2)cc1. The fraction of sp³-hybridized carbons (Fsp3) is 0.359. The van der Waals surface area contributed by atoms with Gasteiger partial charge in [0.15, 0.2) is 11.5 Å². The van der Waals surface area contributed by atoms with Crippen LogP contribution in [0, 0.1) is 0 Å². The minimum absolute atomic E-state index is 0.0514. The van der Waals surface area contributed by atoms with Crippen LogP contribution in [0.25, 0.3) is 0 Å². The van der Waals surface area contributed by atoms with Gasteiger partial charge in [-0.3, -0.25) is 9.69 Å². The van der Waals surface area contributed by atoms with Gasteiger partial charge in [-0.15, -0.1) is 0 Å². The molecule has 0 aliphatic carbocycles. The number of likely N-dealkylation sites (tertiary alicyclic amines) is 1. The van der Waals surface area contributed by atoms with E-state index in [4.69, 9.17) is 18.9 Å². The topological polar surface area (TPSA) is 60.5 Å². The molecule has 46 heavy (non-hydrogen) atoms. The van der Waals surface area contributed by atoms with Crippen molar-refractivity contribution in [2.24, 2.45) is 0 Å². The number of ether oxygens (including phenoxy) is 4. The van der Waals surface area contributed by atoms with Gasteiger partial charge in [-0.1, -0.05) is 36.4 Å². The molecule has 4 aromatic carbocycles. The fourth-order valence-corrected chi connectivity index (χ4v) is 7.34. The van der Waals surface area contributed by atoms with E-state index in [9.17, 15) is 4.79 Å². The van der Waals surface area contributed by atoms with Gasteiger partial charge in [0.25, 0.3) is 5.91 Å². The average Bonchev–Trinajstić information content (AvgIpc) is 3.11. The summed E-state index contributed by atoms with van der Waals surface area (Å²) in [6.45, 7) is 5.48. The van der Waals surface area contributed by atoms with Crippen LogP contribution in [0.2, 0.25) is 0 Å². The molecule has 0 saturated carbocycles. The first-order valence-corrected chi connectivity index (χ1v) is 16.0. The van der Waals surface area contributed by atoms with Gasteiger partial charge in [-0.2, -0.15) is 0 Å². The highest BCUT2D eigenvalue weighted by molar-refractivity contribution is 5.94. The maximum Gasteiger partial charge on any atom is 0.254 e. The summed E-state index contributed by atoms with van der Waals surface area (Å²) in [6.07, 6.45) is 2.92. The van der Waals surface area contributed by atoms with Crippen molar-refractivity contribution in [2.45, 2.75) is 44.2 Å². The zero-order valence-corrected chi connectivity index (χ0v) is 27.5. The van der Waals surface area contributed by atoms with Crippen LogP contribution >= 0.6 is 0 Å². The minimum Gasteiger partial charge on any atom is -0.497 e. The zero-order valence-electron chi connectivity index (χ0n) is 27.5. The summed E-state index contributed by atoms with van der Waals surface area (Å²) < 4.78 is 22.0. The molecule has 0 N–H and O–H groups in total. The molecule has 0 bridgehead atoms. The van der Waals surface area contributed by atoms with Crippen molar-refractivity contribution in [3.8, 4) is 23.0 Å². The summed E-state index contributed by atoms with van der Waals surface area (Å²) in [5.74, 6) is 3.18. The maximum atomic E-state index is 13.7. The van der Waals surface area contributed by atoms with Gasteiger partial charge in [-0.05, 0) is 109 Å². The second-order valence-electron chi connectivity index (χ2n) is 12.4.